The fraction of sp³-hybridized carbons (Fsp3) is 0.182. The molecule has 0 spiro atoms. The van der Waals surface area contributed by atoms with Gasteiger partial charge in [-0.1, -0.05) is 23.4 Å². The quantitative estimate of drug-likeness (QED) is 0.477. The van der Waals surface area contributed by atoms with Crippen LogP contribution in [0.1, 0.15) is 11.1 Å². The highest BCUT2D eigenvalue weighted by Gasteiger charge is 2.37. The van der Waals surface area contributed by atoms with Crippen molar-refractivity contribution in [2.75, 3.05) is 0 Å². The first kappa shape index (κ1) is 16.4. The van der Waals surface area contributed by atoms with Crippen molar-refractivity contribution in [1.82, 2.24) is 0 Å². The standard InChI is InChI=1S/C11H5ClF6O2/c12-5-1-2-6(7(3-5)10(13,14)15)8(19)4-9(20)11(16,17)18/h1-4,19H/p-1/b8-4-. The molecule has 0 fully saturated rings. The highest BCUT2D eigenvalue weighted by molar-refractivity contribution is 6.30. The molecular weight excluding hydrogens is 314 g/mol. The van der Waals surface area contributed by atoms with Gasteiger partial charge in [-0.25, -0.2) is 0 Å². The first-order valence-electron chi connectivity index (χ1n) is 4.80. The van der Waals surface area contributed by atoms with E-state index < -0.39 is 41.1 Å². The van der Waals surface area contributed by atoms with E-state index in [1.807, 2.05) is 0 Å². The van der Waals surface area contributed by atoms with Crippen molar-refractivity contribution in [1.29, 1.82) is 0 Å². The molecule has 0 saturated carbocycles. The van der Waals surface area contributed by atoms with Gasteiger partial charge in [0.1, 0.15) is 0 Å². The second kappa shape index (κ2) is 5.35. The Morgan fingerprint density at radius 1 is 1.15 bits per heavy atom. The summed E-state index contributed by atoms with van der Waals surface area (Å²) in [5.74, 6) is -4.23. The number of carbonyl (C=O) groups is 1. The number of halogens is 7. The Hall–Kier alpha value is -1.70. The summed E-state index contributed by atoms with van der Waals surface area (Å²) in [6.45, 7) is 0. The average molecular weight is 318 g/mol. The number of ketones is 1. The maximum Gasteiger partial charge on any atom is 0.454 e. The van der Waals surface area contributed by atoms with Crippen LogP contribution in [0.5, 0.6) is 0 Å². The van der Waals surface area contributed by atoms with Crippen molar-refractivity contribution in [2.24, 2.45) is 0 Å². The van der Waals surface area contributed by atoms with Crippen LogP contribution >= 0.6 is 11.6 Å². The maximum absolute atomic E-state index is 12.6. The van der Waals surface area contributed by atoms with E-state index in [2.05, 4.69) is 0 Å². The summed E-state index contributed by atoms with van der Waals surface area (Å²) < 4.78 is 73.7. The number of alkyl halides is 6. The van der Waals surface area contributed by atoms with Crippen LogP contribution in [0.2, 0.25) is 5.02 Å². The van der Waals surface area contributed by atoms with Crippen LogP contribution in [0.4, 0.5) is 26.3 Å². The smallest absolute Gasteiger partial charge is 0.454 e. The van der Waals surface area contributed by atoms with Gasteiger partial charge >= 0.3 is 12.4 Å². The van der Waals surface area contributed by atoms with Gasteiger partial charge in [-0.05, 0) is 23.8 Å². The molecule has 0 radical (unpaired) electrons. The summed E-state index contributed by atoms with van der Waals surface area (Å²) in [4.78, 5) is 10.6. The molecular formula is C11H4ClF6O2-. The molecule has 9 heteroatoms. The monoisotopic (exact) mass is 317 g/mol. The number of allylic oxidation sites excluding steroid dienone is 1. The third-order valence-corrected chi connectivity index (χ3v) is 2.33. The van der Waals surface area contributed by atoms with Crippen molar-refractivity contribution >= 4 is 23.1 Å². The molecule has 2 nitrogen and oxygen atoms in total. The lowest BCUT2D eigenvalue weighted by Gasteiger charge is -2.19. The van der Waals surface area contributed by atoms with Crippen molar-refractivity contribution in [3.8, 4) is 0 Å². The lowest BCUT2D eigenvalue weighted by Crippen LogP contribution is -2.22. The molecule has 1 rings (SSSR count). The Labute approximate surface area is 113 Å². The highest BCUT2D eigenvalue weighted by atomic mass is 35.5. The number of hydrogen-bond donors (Lipinski definition) is 0. The van der Waals surface area contributed by atoms with Gasteiger partial charge in [0.15, 0.2) is 0 Å². The minimum absolute atomic E-state index is 0.351. The van der Waals surface area contributed by atoms with Crippen LogP contribution in [0.15, 0.2) is 24.3 Å². The van der Waals surface area contributed by atoms with E-state index in [0.717, 1.165) is 6.07 Å². The molecule has 1 aromatic carbocycles. The molecule has 0 heterocycles. The maximum atomic E-state index is 12.6. The Balaban J connectivity index is 3.34. The minimum atomic E-state index is -5.33. The molecule has 1 aromatic rings. The van der Waals surface area contributed by atoms with Crippen LogP contribution in [-0.2, 0) is 11.0 Å². The summed E-state index contributed by atoms with van der Waals surface area (Å²) in [5, 5.41) is 11.0. The van der Waals surface area contributed by atoms with Crippen LogP contribution in [0.25, 0.3) is 5.76 Å². The first-order chi connectivity index (χ1) is 8.93. The highest BCUT2D eigenvalue weighted by Crippen LogP contribution is 2.35. The van der Waals surface area contributed by atoms with E-state index in [1.165, 1.54) is 0 Å². The molecule has 0 amide bonds. The van der Waals surface area contributed by atoms with Crippen molar-refractivity contribution in [3.63, 3.8) is 0 Å². The van der Waals surface area contributed by atoms with Gasteiger partial charge in [0.2, 0.25) is 0 Å². The number of hydrogen-bond acceptors (Lipinski definition) is 2. The molecule has 110 valence electrons. The second-order valence-electron chi connectivity index (χ2n) is 3.56. The number of carbonyl (C=O) groups excluding carboxylic acids is 1. The summed E-state index contributed by atoms with van der Waals surface area (Å²) >= 11 is 5.34. The fourth-order valence-corrected chi connectivity index (χ4v) is 1.42. The second-order valence-corrected chi connectivity index (χ2v) is 3.99. The van der Waals surface area contributed by atoms with Gasteiger partial charge in [-0.3, -0.25) is 4.79 Å². The van der Waals surface area contributed by atoms with E-state index in [1.54, 1.807) is 0 Å². The SMILES string of the molecule is O=C(/C=C(\[O-])c1ccc(Cl)cc1C(F)(F)F)C(F)(F)F. The molecule has 0 unspecified atom stereocenters. The van der Waals surface area contributed by atoms with E-state index >= 15 is 0 Å². The van der Waals surface area contributed by atoms with Gasteiger partial charge in [0.25, 0.3) is 5.78 Å². The van der Waals surface area contributed by atoms with Crippen LogP contribution < -0.4 is 5.11 Å². The van der Waals surface area contributed by atoms with Gasteiger partial charge in [0.05, 0.1) is 5.56 Å². The molecule has 0 atom stereocenters. The zero-order chi connectivity index (χ0) is 15.7. The molecule has 0 aromatic heterocycles. The number of rotatable bonds is 2. The molecule has 0 aliphatic rings. The third kappa shape index (κ3) is 3.89. The predicted molar refractivity (Wildman–Crippen MR) is 55.5 cm³/mol. The van der Waals surface area contributed by atoms with Gasteiger partial charge < -0.3 is 5.11 Å². The number of benzene rings is 1. The van der Waals surface area contributed by atoms with E-state index in [4.69, 9.17) is 11.6 Å². The Morgan fingerprint density at radius 2 is 1.70 bits per heavy atom. The van der Waals surface area contributed by atoms with Crippen molar-refractivity contribution in [2.45, 2.75) is 12.4 Å². The van der Waals surface area contributed by atoms with Crippen molar-refractivity contribution < 1.29 is 36.2 Å². The lowest BCUT2D eigenvalue weighted by atomic mass is 10.0. The first-order valence-corrected chi connectivity index (χ1v) is 5.17. The largest absolute Gasteiger partial charge is 0.872 e. The van der Waals surface area contributed by atoms with Crippen LogP contribution in [0.3, 0.4) is 0 Å². The fourth-order valence-electron chi connectivity index (χ4n) is 1.24. The van der Waals surface area contributed by atoms with E-state index in [9.17, 15) is 36.2 Å². The molecule has 0 bridgehead atoms. The zero-order valence-corrected chi connectivity index (χ0v) is 10.0. The Morgan fingerprint density at radius 3 is 2.15 bits per heavy atom. The third-order valence-electron chi connectivity index (χ3n) is 2.09. The lowest BCUT2D eigenvalue weighted by molar-refractivity contribution is -0.245. The Bertz CT molecular complexity index is 559. The normalized spacial score (nSPS) is 13.4. The molecule has 20 heavy (non-hydrogen) atoms. The summed E-state index contributed by atoms with van der Waals surface area (Å²) in [6, 6.07) is 1.89. The summed E-state index contributed by atoms with van der Waals surface area (Å²) in [7, 11) is 0. The summed E-state index contributed by atoms with van der Waals surface area (Å²) in [5.41, 5.74) is -2.60. The van der Waals surface area contributed by atoms with E-state index in [-0.39, 0.29) is 5.02 Å². The Kier molecular flexibility index (Phi) is 4.38. The predicted octanol–water partition coefficient (Wildman–Crippen LogP) is 3.19. The van der Waals surface area contributed by atoms with Crippen molar-refractivity contribution in [3.05, 3.63) is 40.4 Å². The summed E-state index contributed by atoms with van der Waals surface area (Å²) in [6.07, 6.45) is -10.8. The topological polar surface area (TPSA) is 40.1 Å². The minimum Gasteiger partial charge on any atom is -0.872 e. The van der Waals surface area contributed by atoms with Crippen LogP contribution in [-0.4, -0.2) is 12.0 Å². The molecule has 0 aliphatic carbocycles. The van der Waals surface area contributed by atoms with Gasteiger partial charge in [-0.15, -0.1) is 0 Å². The molecule has 0 N–H and O–H groups in total. The van der Waals surface area contributed by atoms with Crippen LogP contribution in [0, 0.1) is 0 Å². The van der Waals surface area contributed by atoms with E-state index in [0.29, 0.717) is 12.1 Å². The van der Waals surface area contributed by atoms with Gasteiger partial charge in [0, 0.05) is 5.02 Å². The zero-order valence-electron chi connectivity index (χ0n) is 9.27. The molecule has 0 aliphatic heterocycles. The van der Waals surface area contributed by atoms with Gasteiger partial charge in [-0.2, -0.15) is 26.3 Å². The average Bonchev–Trinajstić information content (AvgIpc) is 2.26. The molecule has 0 saturated heterocycles.